The van der Waals surface area contributed by atoms with Crippen LogP contribution in [0.15, 0.2) is 42.7 Å². The Balaban J connectivity index is 1.80. The Morgan fingerprint density at radius 2 is 2.19 bits per heavy atom. The van der Waals surface area contributed by atoms with E-state index >= 15 is 0 Å². The molecule has 0 amide bonds. The number of hydrogen-bond donors (Lipinski definition) is 0. The van der Waals surface area contributed by atoms with Gasteiger partial charge in [0.05, 0.1) is 25.6 Å². The summed E-state index contributed by atoms with van der Waals surface area (Å²) in [5.74, 6) is 0.604. The van der Waals surface area contributed by atoms with Crippen molar-refractivity contribution in [3.63, 3.8) is 0 Å². The number of ether oxygens (including phenoxy) is 2. The summed E-state index contributed by atoms with van der Waals surface area (Å²) in [6, 6.07) is 10.4. The van der Waals surface area contributed by atoms with Crippen LogP contribution in [0, 0.1) is 5.92 Å². The lowest BCUT2D eigenvalue weighted by Crippen LogP contribution is -2.33. The van der Waals surface area contributed by atoms with Crippen molar-refractivity contribution in [2.24, 2.45) is 5.92 Å². The Morgan fingerprint density at radius 3 is 2.81 bits per heavy atom. The van der Waals surface area contributed by atoms with E-state index in [-0.39, 0.29) is 6.10 Å². The summed E-state index contributed by atoms with van der Waals surface area (Å²) in [4.78, 5) is 0. The summed E-state index contributed by atoms with van der Waals surface area (Å²) in [5, 5.41) is 0. The summed E-state index contributed by atoms with van der Waals surface area (Å²) in [6.07, 6.45) is 4.99. The summed E-state index contributed by atoms with van der Waals surface area (Å²) < 4.78 is 11.0. The predicted octanol–water partition coefficient (Wildman–Crippen LogP) is 3.31. The molecule has 0 N–H and O–H groups in total. The molecule has 1 heterocycles. The summed E-state index contributed by atoms with van der Waals surface area (Å²) in [6.45, 7) is 3.60. The van der Waals surface area contributed by atoms with Gasteiger partial charge in [0.25, 0.3) is 0 Å². The van der Waals surface area contributed by atoms with E-state index in [1.165, 1.54) is 5.56 Å². The molecule has 16 heavy (non-hydrogen) atoms. The zero-order chi connectivity index (χ0) is 11.2. The molecule has 1 saturated heterocycles. The highest BCUT2D eigenvalue weighted by molar-refractivity contribution is 5.19. The zero-order valence-corrected chi connectivity index (χ0v) is 9.63. The van der Waals surface area contributed by atoms with Gasteiger partial charge in [-0.1, -0.05) is 36.4 Å². The van der Waals surface area contributed by atoms with Gasteiger partial charge in [-0.3, -0.25) is 0 Å². The van der Waals surface area contributed by atoms with Gasteiger partial charge >= 0.3 is 0 Å². The van der Waals surface area contributed by atoms with Gasteiger partial charge in [-0.25, -0.2) is 0 Å². The van der Waals surface area contributed by atoms with Crippen LogP contribution in [0.4, 0.5) is 0 Å². The third-order valence-corrected chi connectivity index (χ3v) is 2.88. The SMILES string of the molecule is CC=COCCC1COC1c1ccccc1. The maximum absolute atomic E-state index is 5.61. The van der Waals surface area contributed by atoms with Gasteiger partial charge in [0.15, 0.2) is 0 Å². The lowest BCUT2D eigenvalue weighted by Gasteiger charge is -2.37. The van der Waals surface area contributed by atoms with E-state index in [4.69, 9.17) is 9.47 Å². The molecule has 2 heteroatoms. The van der Waals surface area contributed by atoms with Crippen molar-refractivity contribution in [3.8, 4) is 0 Å². The topological polar surface area (TPSA) is 18.5 Å². The number of hydrogen-bond acceptors (Lipinski definition) is 2. The smallest absolute Gasteiger partial charge is 0.0877 e. The van der Waals surface area contributed by atoms with Crippen LogP contribution in [0.25, 0.3) is 0 Å². The standard InChI is InChI=1S/C14H18O2/c1-2-9-15-10-8-13-11-16-14(13)12-6-4-3-5-7-12/h2-7,9,13-14H,8,10-11H2,1H3. The molecule has 0 aliphatic carbocycles. The Morgan fingerprint density at radius 1 is 1.38 bits per heavy atom. The molecular formula is C14H18O2. The van der Waals surface area contributed by atoms with E-state index in [9.17, 15) is 0 Å². The van der Waals surface area contributed by atoms with Gasteiger partial charge in [-0.2, -0.15) is 0 Å². The average Bonchev–Trinajstić information content (AvgIpc) is 2.29. The van der Waals surface area contributed by atoms with Crippen molar-refractivity contribution in [2.75, 3.05) is 13.2 Å². The second-order valence-corrected chi connectivity index (χ2v) is 4.05. The summed E-state index contributed by atoms with van der Waals surface area (Å²) >= 11 is 0. The van der Waals surface area contributed by atoms with Gasteiger partial charge in [0, 0.05) is 5.92 Å². The first kappa shape index (κ1) is 11.2. The van der Waals surface area contributed by atoms with E-state index in [0.717, 1.165) is 19.6 Å². The Bertz CT molecular complexity index is 332. The Hall–Kier alpha value is -1.28. The fourth-order valence-electron chi connectivity index (χ4n) is 1.96. The van der Waals surface area contributed by atoms with E-state index in [1.807, 2.05) is 19.1 Å². The van der Waals surface area contributed by atoms with Gasteiger partial charge in [0.1, 0.15) is 0 Å². The molecule has 0 bridgehead atoms. The highest BCUT2D eigenvalue weighted by Gasteiger charge is 2.32. The number of benzene rings is 1. The van der Waals surface area contributed by atoms with E-state index in [0.29, 0.717) is 5.92 Å². The first-order valence-electron chi connectivity index (χ1n) is 5.81. The summed E-state index contributed by atoms with van der Waals surface area (Å²) in [5.41, 5.74) is 1.28. The molecule has 0 saturated carbocycles. The van der Waals surface area contributed by atoms with E-state index in [1.54, 1.807) is 6.26 Å². The predicted molar refractivity (Wildman–Crippen MR) is 64.0 cm³/mol. The normalized spacial score (nSPS) is 24.3. The van der Waals surface area contributed by atoms with Crippen LogP contribution in [0.5, 0.6) is 0 Å². The Kier molecular flexibility index (Phi) is 4.00. The molecule has 2 unspecified atom stereocenters. The molecule has 86 valence electrons. The molecule has 2 nitrogen and oxygen atoms in total. The third kappa shape index (κ3) is 2.64. The van der Waals surface area contributed by atoms with Crippen LogP contribution in [0.3, 0.4) is 0 Å². The van der Waals surface area contributed by atoms with Gasteiger partial charge in [-0.15, -0.1) is 0 Å². The van der Waals surface area contributed by atoms with Crippen LogP contribution >= 0.6 is 0 Å². The fourth-order valence-corrected chi connectivity index (χ4v) is 1.96. The minimum atomic E-state index is 0.274. The minimum absolute atomic E-state index is 0.274. The minimum Gasteiger partial charge on any atom is -0.502 e. The van der Waals surface area contributed by atoms with E-state index < -0.39 is 0 Å². The lowest BCUT2D eigenvalue weighted by atomic mass is 9.89. The molecule has 1 aromatic carbocycles. The molecule has 0 aromatic heterocycles. The monoisotopic (exact) mass is 218 g/mol. The molecular weight excluding hydrogens is 200 g/mol. The third-order valence-electron chi connectivity index (χ3n) is 2.88. The molecule has 2 atom stereocenters. The quantitative estimate of drug-likeness (QED) is 0.557. The molecule has 1 aliphatic heterocycles. The first-order chi connectivity index (χ1) is 7.92. The highest BCUT2D eigenvalue weighted by atomic mass is 16.5. The second-order valence-electron chi connectivity index (χ2n) is 4.05. The van der Waals surface area contributed by atoms with Crippen LogP contribution < -0.4 is 0 Å². The summed E-state index contributed by atoms with van der Waals surface area (Å²) in [7, 11) is 0. The van der Waals surface area contributed by atoms with E-state index in [2.05, 4.69) is 24.3 Å². The van der Waals surface area contributed by atoms with Crippen LogP contribution in [0.1, 0.15) is 25.0 Å². The van der Waals surface area contributed by atoms with Gasteiger partial charge < -0.3 is 9.47 Å². The molecule has 0 spiro atoms. The average molecular weight is 218 g/mol. The number of allylic oxidation sites excluding steroid dienone is 1. The van der Waals surface area contributed by atoms with Crippen molar-refractivity contribution in [2.45, 2.75) is 19.4 Å². The fraction of sp³-hybridized carbons (Fsp3) is 0.429. The molecule has 2 rings (SSSR count). The van der Waals surface area contributed by atoms with Crippen molar-refractivity contribution >= 4 is 0 Å². The van der Waals surface area contributed by atoms with Gasteiger partial charge in [0.2, 0.25) is 0 Å². The first-order valence-corrected chi connectivity index (χ1v) is 5.81. The maximum atomic E-state index is 5.61. The van der Waals surface area contributed by atoms with Crippen molar-refractivity contribution in [3.05, 3.63) is 48.2 Å². The second kappa shape index (κ2) is 5.71. The van der Waals surface area contributed by atoms with Crippen LogP contribution in [0.2, 0.25) is 0 Å². The van der Waals surface area contributed by atoms with Gasteiger partial charge in [-0.05, 0) is 18.9 Å². The zero-order valence-electron chi connectivity index (χ0n) is 9.63. The van der Waals surface area contributed by atoms with Crippen molar-refractivity contribution in [1.29, 1.82) is 0 Å². The maximum Gasteiger partial charge on any atom is 0.0877 e. The molecule has 1 aliphatic rings. The largest absolute Gasteiger partial charge is 0.502 e. The van der Waals surface area contributed by atoms with Crippen LogP contribution in [-0.4, -0.2) is 13.2 Å². The molecule has 1 fully saturated rings. The Labute approximate surface area is 96.9 Å². The molecule has 1 aromatic rings. The van der Waals surface area contributed by atoms with Crippen LogP contribution in [-0.2, 0) is 9.47 Å². The lowest BCUT2D eigenvalue weighted by molar-refractivity contribution is -0.124. The highest BCUT2D eigenvalue weighted by Crippen LogP contribution is 2.37. The van der Waals surface area contributed by atoms with Crippen molar-refractivity contribution < 1.29 is 9.47 Å². The van der Waals surface area contributed by atoms with Crippen molar-refractivity contribution in [1.82, 2.24) is 0 Å². The number of rotatable bonds is 5. The molecule has 0 radical (unpaired) electrons.